The van der Waals surface area contributed by atoms with Crippen LogP contribution in [0, 0.1) is 0 Å². The van der Waals surface area contributed by atoms with E-state index in [0.29, 0.717) is 6.42 Å². The summed E-state index contributed by atoms with van der Waals surface area (Å²) in [4.78, 5) is 11.0. The second kappa shape index (κ2) is 4.03. The molecule has 0 aromatic carbocycles. The quantitative estimate of drug-likeness (QED) is 0.590. The van der Waals surface area contributed by atoms with E-state index in [1.54, 1.807) is 0 Å². The molecule has 13 heavy (non-hydrogen) atoms. The fourth-order valence-electron chi connectivity index (χ4n) is 0.746. The maximum absolute atomic E-state index is 11.0. The lowest BCUT2D eigenvalue weighted by Crippen LogP contribution is -2.25. The summed E-state index contributed by atoms with van der Waals surface area (Å²) in [5.74, 6) is -0.706. The lowest BCUT2D eigenvalue weighted by molar-refractivity contribution is -0.151. The molecule has 0 saturated carbocycles. The molecule has 1 unspecified atom stereocenters. The van der Waals surface area contributed by atoms with Crippen LogP contribution in [-0.4, -0.2) is 33.7 Å². The van der Waals surface area contributed by atoms with E-state index in [9.17, 15) is 13.2 Å². The summed E-state index contributed by atoms with van der Waals surface area (Å²) in [7, 11) is -3.97. The molecule has 1 saturated heterocycles. The van der Waals surface area contributed by atoms with Gasteiger partial charge in [0.1, 0.15) is 6.61 Å². The van der Waals surface area contributed by atoms with Crippen molar-refractivity contribution in [3.8, 4) is 0 Å². The highest BCUT2D eigenvalue weighted by molar-refractivity contribution is 7.82. The number of hydrogen-bond donors (Lipinski definition) is 0. The minimum Gasteiger partial charge on any atom is -0.464 e. The van der Waals surface area contributed by atoms with Gasteiger partial charge in [0.15, 0.2) is 0 Å². The maximum atomic E-state index is 11.0. The van der Waals surface area contributed by atoms with Gasteiger partial charge in [-0.05, 0) is 6.42 Å². The van der Waals surface area contributed by atoms with Crippen LogP contribution in [0.2, 0.25) is 0 Å². The van der Waals surface area contributed by atoms with Crippen LogP contribution < -0.4 is 0 Å². The second-order valence-electron chi connectivity index (χ2n) is 2.45. The summed E-state index contributed by atoms with van der Waals surface area (Å²) in [6, 6.07) is 0. The van der Waals surface area contributed by atoms with Crippen LogP contribution >= 0.6 is 0 Å². The third-order valence-corrected chi connectivity index (χ3v) is 2.20. The molecule has 0 radical (unpaired) electrons. The highest BCUT2D eigenvalue weighted by atomic mass is 32.3. The Morgan fingerprint density at radius 2 is 2.31 bits per heavy atom. The van der Waals surface area contributed by atoms with Gasteiger partial charge in [-0.2, -0.15) is 8.42 Å². The highest BCUT2D eigenvalue weighted by Gasteiger charge is 2.36. The molecule has 0 bridgehead atoms. The fourth-order valence-corrected chi connectivity index (χ4v) is 1.51. The lowest BCUT2D eigenvalue weighted by Gasteiger charge is -2.04. The van der Waals surface area contributed by atoms with E-state index < -0.39 is 22.5 Å². The van der Waals surface area contributed by atoms with Gasteiger partial charge in [-0.15, -0.1) is 0 Å². The fraction of sp³-hybridized carbons (Fsp3) is 0.833. The zero-order valence-electron chi connectivity index (χ0n) is 7.06. The summed E-state index contributed by atoms with van der Waals surface area (Å²) in [6.07, 6.45) is -0.469. The number of ether oxygens (including phenoxy) is 1. The van der Waals surface area contributed by atoms with Gasteiger partial charge in [0.05, 0.1) is 6.61 Å². The average molecular weight is 210 g/mol. The summed E-state index contributed by atoms with van der Waals surface area (Å²) in [6.45, 7) is 1.78. The molecule has 1 heterocycles. The monoisotopic (exact) mass is 210 g/mol. The molecule has 1 aliphatic rings. The van der Waals surface area contributed by atoms with Crippen molar-refractivity contribution in [2.45, 2.75) is 19.4 Å². The molecule has 76 valence electrons. The molecule has 0 aromatic heterocycles. The Morgan fingerprint density at radius 1 is 1.62 bits per heavy atom. The van der Waals surface area contributed by atoms with Gasteiger partial charge in [0.2, 0.25) is 6.10 Å². The standard InChI is InChI=1S/C6H10O6S/c1-2-3-10-6(7)5-4-11-13(8,9)12-5/h5H,2-4H2,1H3. The van der Waals surface area contributed by atoms with Gasteiger partial charge >= 0.3 is 16.4 Å². The van der Waals surface area contributed by atoms with Gasteiger partial charge in [-0.1, -0.05) is 6.92 Å². The van der Waals surface area contributed by atoms with Crippen molar-refractivity contribution in [3.63, 3.8) is 0 Å². The normalized spacial score (nSPS) is 25.8. The van der Waals surface area contributed by atoms with Crippen LogP contribution in [0.3, 0.4) is 0 Å². The number of rotatable bonds is 3. The Hall–Kier alpha value is -0.660. The minimum atomic E-state index is -3.97. The van der Waals surface area contributed by atoms with Crippen LogP contribution in [0.15, 0.2) is 0 Å². The topological polar surface area (TPSA) is 78.9 Å². The van der Waals surface area contributed by atoms with E-state index >= 15 is 0 Å². The predicted molar refractivity (Wildman–Crippen MR) is 41.0 cm³/mol. The van der Waals surface area contributed by atoms with E-state index in [2.05, 4.69) is 13.1 Å². The zero-order chi connectivity index (χ0) is 9.90. The number of carbonyl (C=O) groups is 1. The van der Waals surface area contributed by atoms with Crippen molar-refractivity contribution in [1.29, 1.82) is 0 Å². The van der Waals surface area contributed by atoms with Gasteiger partial charge in [0.25, 0.3) is 0 Å². The summed E-state index contributed by atoms with van der Waals surface area (Å²) in [5, 5.41) is 0. The first kappa shape index (κ1) is 10.4. The molecule has 7 heteroatoms. The zero-order valence-corrected chi connectivity index (χ0v) is 7.87. The van der Waals surface area contributed by atoms with Crippen LogP contribution in [0.4, 0.5) is 0 Å². The van der Waals surface area contributed by atoms with Crippen LogP contribution in [0.5, 0.6) is 0 Å². The average Bonchev–Trinajstić information content (AvgIpc) is 2.42. The molecule has 0 amide bonds. The molecule has 0 aliphatic carbocycles. The third kappa shape index (κ3) is 2.94. The molecular formula is C6H10O6S. The SMILES string of the molecule is CCCOC(=O)C1COS(=O)(=O)O1. The van der Waals surface area contributed by atoms with E-state index in [1.807, 2.05) is 6.92 Å². The Labute approximate surface area is 76.1 Å². The molecule has 1 fully saturated rings. The van der Waals surface area contributed by atoms with Crippen molar-refractivity contribution in [2.24, 2.45) is 0 Å². The van der Waals surface area contributed by atoms with Crippen molar-refractivity contribution >= 4 is 16.4 Å². The van der Waals surface area contributed by atoms with Crippen LogP contribution in [-0.2, 0) is 28.3 Å². The number of carbonyl (C=O) groups excluding carboxylic acids is 1. The molecule has 6 nitrogen and oxygen atoms in total. The molecule has 1 aliphatic heterocycles. The first-order valence-corrected chi connectivity index (χ1v) is 5.13. The first-order chi connectivity index (χ1) is 6.05. The van der Waals surface area contributed by atoms with Gasteiger partial charge in [-0.25, -0.2) is 13.2 Å². The van der Waals surface area contributed by atoms with Crippen LogP contribution in [0.25, 0.3) is 0 Å². The largest absolute Gasteiger partial charge is 0.464 e. The summed E-state index contributed by atoms with van der Waals surface area (Å²) < 4.78 is 34.3. The van der Waals surface area contributed by atoms with Crippen molar-refractivity contribution in [3.05, 3.63) is 0 Å². The Morgan fingerprint density at radius 3 is 2.77 bits per heavy atom. The van der Waals surface area contributed by atoms with E-state index in [1.165, 1.54) is 0 Å². The molecule has 1 rings (SSSR count). The summed E-state index contributed by atoms with van der Waals surface area (Å²) >= 11 is 0. The van der Waals surface area contributed by atoms with E-state index in [0.717, 1.165) is 0 Å². The molecular weight excluding hydrogens is 200 g/mol. The van der Waals surface area contributed by atoms with Crippen LogP contribution in [0.1, 0.15) is 13.3 Å². The van der Waals surface area contributed by atoms with Gasteiger partial charge < -0.3 is 4.74 Å². The Balaban J connectivity index is 2.42. The molecule has 0 spiro atoms. The predicted octanol–water partition coefficient (Wildman–Crippen LogP) is -0.400. The van der Waals surface area contributed by atoms with Gasteiger partial charge in [0, 0.05) is 0 Å². The number of esters is 1. The third-order valence-electron chi connectivity index (χ3n) is 1.31. The van der Waals surface area contributed by atoms with Crippen molar-refractivity contribution in [2.75, 3.05) is 13.2 Å². The maximum Gasteiger partial charge on any atom is 0.400 e. The lowest BCUT2D eigenvalue weighted by atomic mass is 10.4. The number of hydrogen-bond acceptors (Lipinski definition) is 6. The molecule has 0 N–H and O–H groups in total. The Kier molecular flexibility index (Phi) is 3.23. The minimum absolute atomic E-state index is 0.249. The second-order valence-corrected chi connectivity index (χ2v) is 3.69. The summed E-state index contributed by atoms with van der Waals surface area (Å²) in [5.41, 5.74) is 0. The van der Waals surface area contributed by atoms with E-state index in [-0.39, 0.29) is 13.2 Å². The van der Waals surface area contributed by atoms with Gasteiger partial charge in [-0.3, -0.25) is 0 Å². The Bertz CT molecular complexity index is 281. The van der Waals surface area contributed by atoms with Crippen molar-refractivity contribution in [1.82, 2.24) is 0 Å². The molecule has 1 atom stereocenters. The first-order valence-electron chi connectivity index (χ1n) is 3.79. The highest BCUT2D eigenvalue weighted by Crippen LogP contribution is 2.13. The van der Waals surface area contributed by atoms with E-state index in [4.69, 9.17) is 0 Å². The molecule has 0 aromatic rings. The van der Waals surface area contributed by atoms with Crippen molar-refractivity contribution < 1.29 is 26.3 Å². The smallest absolute Gasteiger partial charge is 0.400 e.